The molecular weight excluding hydrogens is 292 g/mol. The van der Waals surface area contributed by atoms with Crippen LogP contribution in [0.25, 0.3) is 0 Å². The number of anilines is 1. The van der Waals surface area contributed by atoms with Crippen LogP contribution in [0, 0.1) is 5.92 Å². The van der Waals surface area contributed by atoms with Gasteiger partial charge in [-0.05, 0) is 43.1 Å². The van der Waals surface area contributed by atoms with E-state index >= 15 is 0 Å². The number of carbonyl (C=O) groups excluding carboxylic acids is 1. The number of fused-ring (bicyclic) bond motifs is 1. The summed E-state index contributed by atoms with van der Waals surface area (Å²) in [6.07, 6.45) is 6.07. The molecular formula is C18H26N2OS. The Labute approximate surface area is 137 Å². The van der Waals surface area contributed by atoms with E-state index in [-0.39, 0.29) is 5.91 Å². The smallest absolute Gasteiger partial charge is 0.239 e. The van der Waals surface area contributed by atoms with E-state index < -0.39 is 0 Å². The molecule has 1 aliphatic heterocycles. The highest BCUT2D eigenvalue weighted by molar-refractivity contribution is 7.99. The summed E-state index contributed by atoms with van der Waals surface area (Å²) >= 11 is 1.90. The van der Waals surface area contributed by atoms with Crippen LogP contribution in [0.5, 0.6) is 0 Å². The second-order valence-electron chi connectivity index (χ2n) is 6.53. The van der Waals surface area contributed by atoms with Gasteiger partial charge in [0.15, 0.2) is 0 Å². The van der Waals surface area contributed by atoms with E-state index in [1.807, 2.05) is 11.8 Å². The summed E-state index contributed by atoms with van der Waals surface area (Å²) in [6, 6.07) is 8.83. The number of carbonyl (C=O) groups is 1. The van der Waals surface area contributed by atoms with Crippen LogP contribution in [0.2, 0.25) is 0 Å². The average molecular weight is 318 g/mol. The maximum atomic E-state index is 12.5. The van der Waals surface area contributed by atoms with Crippen LogP contribution in [-0.4, -0.2) is 30.8 Å². The molecule has 120 valence electrons. The Kier molecular flexibility index (Phi) is 5.29. The van der Waals surface area contributed by atoms with Gasteiger partial charge in [0.05, 0.1) is 12.2 Å². The fourth-order valence-electron chi connectivity index (χ4n) is 3.52. The summed E-state index contributed by atoms with van der Waals surface area (Å²) in [4.78, 5) is 16.0. The van der Waals surface area contributed by atoms with Crippen molar-refractivity contribution in [1.82, 2.24) is 5.32 Å². The first-order valence-electron chi connectivity index (χ1n) is 8.50. The van der Waals surface area contributed by atoms with E-state index in [2.05, 4.69) is 41.4 Å². The molecule has 1 saturated carbocycles. The maximum absolute atomic E-state index is 12.5. The molecule has 1 aliphatic carbocycles. The number of thioether (sulfide) groups is 1. The SMILES string of the molecule is C[C@H]1CCCC[C@@H]1NC(=O)CN1CCCSc2ccccc21. The zero-order valence-electron chi connectivity index (χ0n) is 13.4. The molecule has 1 amide bonds. The Morgan fingerprint density at radius 3 is 2.95 bits per heavy atom. The molecule has 2 aliphatic rings. The number of amides is 1. The molecule has 4 heteroatoms. The molecule has 0 bridgehead atoms. The van der Waals surface area contributed by atoms with E-state index in [1.54, 1.807) is 0 Å². The van der Waals surface area contributed by atoms with Crippen LogP contribution in [0.3, 0.4) is 0 Å². The first-order chi connectivity index (χ1) is 10.7. The topological polar surface area (TPSA) is 32.3 Å². The first kappa shape index (κ1) is 15.7. The van der Waals surface area contributed by atoms with Crippen molar-refractivity contribution in [1.29, 1.82) is 0 Å². The molecule has 1 heterocycles. The fraction of sp³-hybridized carbons (Fsp3) is 0.611. The van der Waals surface area contributed by atoms with E-state index in [4.69, 9.17) is 0 Å². The van der Waals surface area contributed by atoms with Crippen molar-refractivity contribution in [3.8, 4) is 0 Å². The monoisotopic (exact) mass is 318 g/mol. The molecule has 3 rings (SSSR count). The third kappa shape index (κ3) is 3.78. The quantitative estimate of drug-likeness (QED) is 0.922. The third-order valence-corrected chi connectivity index (χ3v) is 5.98. The van der Waals surface area contributed by atoms with Gasteiger partial charge in [-0.3, -0.25) is 4.79 Å². The predicted octanol–water partition coefficient (Wildman–Crippen LogP) is 3.68. The van der Waals surface area contributed by atoms with Crippen LogP contribution >= 0.6 is 11.8 Å². The number of hydrogen-bond acceptors (Lipinski definition) is 3. The Morgan fingerprint density at radius 1 is 1.27 bits per heavy atom. The molecule has 0 unspecified atom stereocenters. The highest BCUT2D eigenvalue weighted by atomic mass is 32.2. The van der Waals surface area contributed by atoms with Crippen molar-refractivity contribution in [2.45, 2.75) is 50.0 Å². The Bertz CT molecular complexity index is 520. The lowest BCUT2D eigenvalue weighted by molar-refractivity contribution is -0.121. The second kappa shape index (κ2) is 7.40. The van der Waals surface area contributed by atoms with Crippen molar-refractivity contribution >= 4 is 23.4 Å². The van der Waals surface area contributed by atoms with Crippen molar-refractivity contribution < 1.29 is 4.79 Å². The van der Waals surface area contributed by atoms with Gasteiger partial charge in [-0.1, -0.05) is 31.9 Å². The summed E-state index contributed by atoms with van der Waals surface area (Å²) in [5.74, 6) is 1.93. The van der Waals surface area contributed by atoms with Gasteiger partial charge in [0.2, 0.25) is 5.91 Å². The fourth-order valence-corrected chi connectivity index (χ4v) is 4.53. The molecule has 0 radical (unpaired) electrons. The van der Waals surface area contributed by atoms with Crippen molar-refractivity contribution in [2.24, 2.45) is 5.92 Å². The van der Waals surface area contributed by atoms with Gasteiger partial charge in [-0.2, -0.15) is 0 Å². The molecule has 0 spiro atoms. The minimum absolute atomic E-state index is 0.181. The largest absolute Gasteiger partial charge is 0.361 e. The van der Waals surface area contributed by atoms with Gasteiger partial charge in [0.1, 0.15) is 0 Å². The first-order valence-corrected chi connectivity index (χ1v) is 9.49. The molecule has 1 N–H and O–H groups in total. The number of para-hydroxylation sites is 1. The van der Waals surface area contributed by atoms with Gasteiger partial charge < -0.3 is 10.2 Å². The van der Waals surface area contributed by atoms with Crippen LogP contribution in [-0.2, 0) is 4.79 Å². The molecule has 2 atom stereocenters. The lowest BCUT2D eigenvalue weighted by atomic mass is 9.86. The maximum Gasteiger partial charge on any atom is 0.239 e. The Hall–Kier alpha value is -1.16. The third-order valence-electron chi connectivity index (χ3n) is 4.83. The standard InChI is InChI=1S/C18H26N2OS/c1-14-7-2-3-8-15(14)19-18(21)13-20-11-6-12-22-17-10-5-4-9-16(17)20/h4-5,9-10,14-15H,2-3,6-8,11-13H2,1H3,(H,19,21)/t14-,15-/m0/s1. The van der Waals surface area contributed by atoms with Crippen molar-refractivity contribution in [2.75, 3.05) is 23.7 Å². The summed E-state index contributed by atoms with van der Waals surface area (Å²) in [5.41, 5.74) is 1.22. The highest BCUT2D eigenvalue weighted by Gasteiger charge is 2.24. The average Bonchev–Trinajstić information content (AvgIpc) is 2.72. The predicted molar refractivity (Wildman–Crippen MR) is 93.6 cm³/mol. The number of rotatable bonds is 3. The summed E-state index contributed by atoms with van der Waals surface area (Å²) in [6.45, 7) is 3.72. The number of hydrogen-bond donors (Lipinski definition) is 1. The van der Waals surface area contributed by atoms with E-state index in [1.165, 1.54) is 29.8 Å². The van der Waals surface area contributed by atoms with Crippen molar-refractivity contribution in [3.05, 3.63) is 24.3 Å². The lowest BCUT2D eigenvalue weighted by Crippen LogP contribution is -2.46. The molecule has 0 aromatic heterocycles. The van der Waals surface area contributed by atoms with Gasteiger partial charge in [0, 0.05) is 17.5 Å². The van der Waals surface area contributed by atoms with E-state index in [0.717, 1.165) is 25.1 Å². The van der Waals surface area contributed by atoms with Crippen LogP contribution in [0.4, 0.5) is 5.69 Å². The van der Waals surface area contributed by atoms with Crippen molar-refractivity contribution in [3.63, 3.8) is 0 Å². The zero-order chi connectivity index (χ0) is 15.4. The van der Waals surface area contributed by atoms with Gasteiger partial charge in [0.25, 0.3) is 0 Å². The lowest BCUT2D eigenvalue weighted by Gasteiger charge is -2.31. The van der Waals surface area contributed by atoms with Gasteiger partial charge >= 0.3 is 0 Å². The normalized spacial score (nSPS) is 25.2. The van der Waals surface area contributed by atoms with Gasteiger partial charge in [-0.25, -0.2) is 0 Å². The zero-order valence-corrected chi connectivity index (χ0v) is 14.2. The molecule has 1 aromatic carbocycles. The minimum Gasteiger partial charge on any atom is -0.361 e. The Balaban J connectivity index is 1.63. The number of nitrogens with zero attached hydrogens (tertiary/aromatic N) is 1. The molecule has 0 saturated heterocycles. The molecule has 3 nitrogen and oxygen atoms in total. The number of benzene rings is 1. The molecule has 1 aromatic rings. The summed E-state index contributed by atoms with van der Waals surface area (Å²) < 4.78 is 0. The van der Waals surface area contributed by atoms with Gasteiger partial charge in [-0.15, -0.1) is 11.8 Å². The summed E-state index contributed by atoms with van der Waals surface area (Å²) in [7, 11) is 0. The second-order valence-corrected chi connectivity index (χ2v) is 7.66. The van der Waals surface area contributed by atoms with Crippen LogP contribution < -0.4 is 10.2 Å². The van der Waals surface area contributed by atoms with Crippen LogP contribution in [0.1, 0.15) is 39.0 Å². The van der Waals surface area contributed by atoms with E-state index in [9.17, 15) is 4.79 Å². The molecule has 22 heavy (non-hydrogen) atoms. The minimum atomic E-state index is 0.181. The Morgan fingerprint density at radius 2 is 2.09 bits per heavy atom. The molecule has 1 fully saturated rings. The number of nitrogens with one attached hydrogen (secondary N) is 1. The van der Waals surface area contributed by atoms with Crippen LogP contribution in [0.15, 0.2) is 29.2 Å². The van der Waals surface area contributed by atoms with E-state index in [0.29, 0.717) is 18.5 Å². The summed E-state index contributed by atoms with van der Waals surface area (Å²) in [5, 5.41) is 3.28. The highest BCUT2D eigenvalue weighted by Crippen LogP contribution is 2.33.